The molecule has 2 aliphatic rings. The van der Waals surface area contributed by atoms with Gasteiger partial charge in [-0.25, -0.2) is 0 Å². The van der Waals surface area contributed by atoms with Crippen molar-refractivity contribution in [2.24, 2.45) is 11.3 Å². The van der Waals surface area contributed by atoms with E-state index >= 15 is 0 Å². The van der Waals surface area contributed by atoms with Crippen LogP contribution in [0.3, 0.4) is 0 Å². The third-order valence-electron chi connectivity index (χ3n) is 4.69. The quantitative estimate of drug-likeness (QED) is 0.677. The van der Waals surface area contributed by atoms with Gasteiger partial charge in [0.2, 0.25) is 0 Å². The molecule has 1 atom stereocenters. The van der Waals surface area contributed by atoms with Gasteiger partial charge in [-0.1, -0.05) is 26.7 Å². The second kappa shape index (κ2) is 6.38. The predicted molar refractivity (Wildman–Crippen MR) is 78.9 cm³/mol. The average molecular weight is 252 g/mol. The second-order valence-corrected chi connectivity index (χ2v) is 7.21. The van der Waals surface area contributed by atoms with E-state index in [0.717, 1.165) is 12.0 Å². The SMILES string of the molecule is CCCC(C)(CNC1CC1)CN(C)CC1CCC1. The molecule has 0 radical (unpaired) electrons. The first-order valence-electron chi connectivity index (χ1n) is 8.03. The van der Waals surface area contributed by atoms with Crippen LogP contribution in [0.2, 0.25) is 0 Å². The molecular weight excluding hydrogens is 220 g/mol. The van der Waals surface area contributed by atoms with Gasteiger partial charge in [-0.2, -0.15) is 0 Å². The topological polar surface area (TPSA) is 15.3 Å². The first-order valence-corrected chi connectivity index (χ1v) is 8.03. The molecule has 0 heterocycles. The lowest BCUT2D eigenvalue weighted by Gasteiger charge is -2.37. The van der Waals surface area contributed by atoms with Crippen molar-refractivity contribution in [3.8, 4) is 0 Å². The minimum atomic E-state index is 0.468. The van der Waals surface area contributed by atoms with Gasteiger partial charge in [0.05, 0.1) is 0 Å². The summed E-state index contributed by atoms with van der Waals surface area (Å²) in [5, 5.41) is 3.74. The van der Waals surface area contributed by atoms with E-state index in [1.807, 2.05) is 0 Å². The molecule has 0 aromatic carbocycles. The van der Waals surface area contributed by atoms with Crippen molar-refractivity contribution < 1.29 is 0 Å². The van der Waals surface area contributed by atoms with Crippen molar-refractivity contribution in [2.75, 3.05) is 26.7 Å². The molecule has 0 spiro atoms. The molecule has 0 aliphatic heterocycles. The van der Waals surface area contributed by atoms with Gasteiger partial charge in [-0.05, 0) is 50.5 Å². The van der Waals surface area contributed by atoms with Gasteiger partial charge in [0, 0.05) is 25.7 Å². The zero-order valence-corrected chi connectivity index (χ0v) is 12.7. The van der Waals surface area contributed by atoms with Crippen molar-refractivity contribution in [3.63, 3.8) is 0 Å². The van der Waals surface area contributed by atoms with Gasteiger partial charge in [-0.15, -0.1) is 0 Å². The van der Waals surface area contributed by atoms with E-state index in [0.29, 0.717) is 5.41 Å². The molecule has 1 N–H and O–H groups in total. The predicted octanol–water partition coefficient (Wildman–Crippen LogP) is 3.28. The summed E-state index contributed by atoms with van der Waals surface area (Å²) in [6, 6.07) is 0.845. The van der Waals surface area contributed by atoms with Crippen molar-refractivity contribution in [2.45, 2.75) is 64.8 Å². The lowest BCUT2D eigenvalue weighted by atomic mass is 9.82. The minimum Gasteiger partial charge on any atom is -0.313 e. The molecule has 0 aromatic heterocycles. The number of hydrogen-bond acceptors (Lipinski definition) is 2. The smallest absolute Gasteiger partial charge is 0.00684 e. The summed E-state index contributed by atoms with van der Waals surface area (Å²) in [4.78, 5) is 2.59. The van der Waals surface area contributed by atoms with E-state index in [1.165, 1.54) is 64.6 Å². The van der Waals surface area contributed by atoms with Crippen LogP contribution in [-0.4, -0.2) is 37.6 Å². The van der Waals surface area contributed by atoms with Crippen LogP contribution in [0.5, 0.6) is 0 Å². The molecular formula is C16H32N2. The Bertz CT molecular complexity index is 245. The Labute approximate surface area is 114 Å². The fourth-order valence-corrected chi connectivity index (χ4v) is 3.34. The standard InChI is InChI=1S/C16H32N2/c1-4-10-16(2,12-17-15-8-9-15)13-18(3)11-14-6-5-7-14/h14-15,17H,4-13H2,1-3H3. The molecule has 2 rings (SSSR count). The molecule has 2 aliphatic carbocycles. The van der Waals surface area contributed by atoms with Gasteiger partial charge in [0.25, 0.3) is 0 Å². The molecule has 2 heteroatoms. The van der Waals surface area contributed by atoms with Crippen LogP contribution in [0.25, 0.3) is 0 Å². The summed E-state index contributed by atoms with van der Waals surface area (Å²) < 4.78 is 0. The highest BCUT2D eigenvalue weighted by Gasteiger charge is 2.30. The van der Waals surface area contributed by atoms with Gasteiger partial charge in [-0.3, -0.25) is 0 Å². The third kappa shape index (κ3) is 4.55. The van der Waals surface area contributed by atoms with Crippen molar-refractivity contribution in [1.29, 1.82) is 0 Å². The molecule has 0 amide bonds. The first-order chi connectivity index (χ1) is 8.61. The van der Waals surface area contributed by atoms with Crippen molar-refractivity contribution >= 4 is 0 Å². The summed E-state index contributed by atoms with van der Waals surface area (Å²) in [6.07, 6.45) is 9.86. The third-order valence-corrected chi connectivity index (χ3v) is 4.69. The summed E-state index contributed by atoms with van der Waals surface area (Å²) in [5.41, 5.74) is 0.468. The highest BCUT2D eigenvalue weighted by atomic mass is 15.1. The fourth-order valence-electron chi connectivity index (χ4n) is 3.34. The van der Waals surface area contributed by atoms with E-state index in [1.54, 1.807) is 0 Å². The Hall–Kier alpha value is -0.0800. The van der Waals surface area contributed by atoms with Gasteiger partial charge in [0.1, 0.15) is 0 Å². The molecule has 2 fully saturated rings. The molecule has 0 aromatic rings. The van der Waals surface area contributed by atoms with Gasteiger partial charge < -0.3 is 10.2 Å². The summed E-state index contributed by atoms with van der Waals surface area (Å²) in [6.45, 7) is 8.59. The van der Waals surface area contributed by atoms with Crippen LogP contribution in [-0.2, 0) is 0 Å². The second-order valence-electron chi connectivity index (χ2n) is 7.21. The van der Waals surface area contributed by atoms with Crippen LogP contribution in [0, 0.1) is 11.3 Å². The molecule has 0 bridgehead atoms. The Kier molecular flexibility index (Phi) is 5.08. The molecule has 18 heavy (non-hydrogen) atoms. The number of rotatable bonds is 9. The summed E-state index contributed by atoms with van der Waals surface area (Å²) in [7, 11) is 2.32. The van der Waals surface area contributed by atoms with E-state index in [2.05, 4.69) is 31.1 Å². The molecule has 0 saturated heterocycles. The first kappa shape index (κ1) is 14.3. The van der Waals surface area contributed by atoms with Gasteiger partial charge in [0.15, 0.2) is 0 Å². The maximum absolute atomic E-state index is 3.74. The molecule has 106 valence electrons. The normalized spacial score (nSPS) is 24.0. The lowest BCUT2D eigenvalue weighted by molar-refractivity contribution is 0.134. The Morgan fingerprint density at radius 3 is 2.44 bits per heavy atom. The fraction of sp³-hybridized carbons (Fsp3) is 1.00. The average Bonchev–Trinajstić information content (AvgIpc) is 3.05. The van der Waals surface area contributed by atoms with E-state index < -0.39 is 0 Å². The largest absolute Gasteiger partial charge is 0.313 e. The maximum Gasteiger partial charge on any atom is 0.00684 e. The summed E-state index contributed by atoms with van der Waals surface area (Å²) in [5.74, 6) is 0.997. The van der Waals surface area contributed by atoms with E-state index in [-0.39, 0.29) is 0 Å². The maximum atomic E-state index is 3.74. The van der Waals surface area contributed by atoms with Crippen LogP contribution in [0.4, 0.5) is 0 Å². The monoisotopic (exact) mass is 252 g/mol. The zero-order chi connectivity index (χ0) is 13.0. The number of nitrogens with zero attached hydrogens (tertiary/aromatic N) is 1. The summed E-state index contributed by atoms with van der Waals surface area (Å²) >= 11 is 0. The lowest BCUT2D eigenvalue weighted by Crippen LogP contribution is -2.43. The Morgan fingerprint density at radius 2 is 1.94 bits per heavy atom. The van der Waals surface area contributed by atoms with Crippen molar-refractivity contribution in [1.82, 2.24) is 10.2 Å². The van der Waals surface area contributed by atoms with Gasteiger partial charge >= 0.3 is 0 Å². The molecule has 2 nitrogen and oxygen atoms in total. The highest BCUT2D eigenvalue weighted by molar-refractivity contribution is 4.87. The van der Waals surface area contributed by atoms with Crippen LogP contribution >= 0.6 is 0 Å². The van der Waals surface area contributed by atoms with Crippen LogP contribution < -0.4 is 5.32 Å². The number of hydrogen-bond donors (Lipinski definition) is 1. The Morgan fingerprint density at radius 1 is 1.22 bits per heavy atom. The molecule has 1 unspecified atom stereocenters. The van der Waals surface area contributed by atoms with E-state index in [9.17, 15) is 0 Å². The zero-order valence-electron chi connectivity index (χ0n) is 12.7. The van der Waals surface area contributed by atoms with Crippen LogP contribution in [0.15, 0.2) is 0 Å². The molecule has 2 saturated carbocycles. The number of nitrogens with one attached hydrogen (secondary N) is 1. The Balaban J connectivity index is 1.74. The highest BCUT2D eigenvalue weighted by Crippen LogP contribution is 2.30. The minimum absolute atomic E-state index is 0.468. The van der Waals surface area contributed by atoms with E-state index in [4.69, 9.17) is 0 Å². The van der Waals surface area contributed by atoms with Crippen molar-refractivity contribution in [3.05, 3.63) is 0 Å². The van der Waals surface area contributed by atoms with Crippen LogP contribution in [0.1, 0.15) is 58.8 Å².